The standard InChI is InChI=1S/C24H28F2O/c1-3-27-22-13-12-20(23(25)24(22)26)18-8-4-16(5-9-18)17-6-10-19(11-7-17)21-14-15(21)2/h4-5,8-9,12-13,15,17,19,21H,3,6-7,10-11,14H2,1-2H3. The van der Waals surface area contributed by atoms with Crippen LogP contribution in [0.3, 0.4) is 0 Å². The zero-order chi connectivity index (χ0) is 19.0. The molecule has 2 aromatic rings. The number of hydrogen-bond donors (Lipinski definition) is 0. The second-order valence-electron chi connectivity index (χ2n) is 8.28. The van der Waals surface area contributed by atoms with Crippen LogP contribution in [0.4, 0.5) is 8.78 Å². The summed E-state index contributed by atoms with van der Waals surface area (Å²) in [5.74, 6) is 1.67. The molecule has 0 aromatic heterocycles. The molecule has 2 unspecified atom stereocenters. The Kier molecular flexibility index (Phi) is 5.21. The molecular formula is C24H28F2O. The molecule has 3 heteroatoms. The van der Waals surface area contributed by atoms with E-state index < -0.39 is 11.6 Å². The van der Waals surface area contributed by atoms with Gasteiger partial charge in [0, 0.05) is 5.56 Å². The fourth-order valence-electron chi connectivity index (χ4n) is 4.84. The molecule has 0 N–H and O–H groups in total. The van der Waals surface area contributed by atoms with Crippen molar-refractivity contribution in [3.05, 3.63) is 53.6 Å². The highest BCUT2D eigenvalue weighted by molar-refractivity contribution is 5.65. The minimum atomic E-state index is -0.911. The molecule has 2 aliphatic carbocycles. The lowest BCUT2D eigenvalue weighted by atomic mass is 9.76. The summed E-state index contributed by atoms with van der Waals surface area (Å²) in [6.45, 7) is 4.44. The predicted molar refractivity (Wildman–Crippen MR) is 105 cm³/mol. The van der Waals surface area contributed by atoms with E-state index in [4.69, 9.17) is 4.74 Å². The first-order valence-electron chi connectivity index (χ1n) is 10.3. The van der Waals surface area contributed by atoms with Gasteiger partial charge in [0.2, 0.25) is 5.82 Å². The van der Waals surface area contributed by atoms with Crippen molar-refractivity contribution in [2.45, 2.75) is 51.9 Å². The van der Waals surface area contributed by atoms with Gasteiger partial charge in [-0.3, -0.25) is 0 Å². The maximum absolute atomic E-state index is 14.4. The molecule has 0 spiro atoms. The van der Waals surface area contributed by atoms with Crippen molar-refractivity contribution < 1.29 is 13.5 Å². The molecule has 2 fully saturated rings. The molecule has 0 aliphatic heterocycles. The molecule has 0 amide bonds. The maximum atomic E-state index is 14.4. The van der Waals surface area contributed by atoms with Crippen molar-refractivity contribution in [3.8, 4) is 16.9 Å². The normalized spacial score (nSPS) is 27.4. The van der Waals surface area contributed by atoms with Gasteiger partial charge >= 0.3 is 0 Å². The van der Waals surface area contributed by atoms with Crippen LogP contribution in [0, 0.1) is 29.4 Å². The smallest absolute Gasteiger partial charge is 0.201 e. The second kappa shape index (κ2) is 7.61. The number of hydrogen-bond acceptors (Lipinski definition) is 1. The topological polar surface area (TPSA) is 9.23 Å². The van der Waals surface area contributed by atoms with Gasteiger partial charge in [-0.15, -0.1) is 0 Å². The Labute approximate surface area is 160 Å². The van der Waals surface area contributed by atoms with Crippen LogP contribution in [0.2, 0.25) is 0 Å². The molecule has 4 rings (SSSR count). The summed E-state index contributed by atoms with van der Waals surface area (Å²) in [6, 6.07) is 11.1. The summed E-state index contributed by atoms with van der Waals surface area (Å²) >= 11 is 0. The second-order valence-corrected chi connectivity index (χ2v) is 8.28. The summed E-state index contributed by atoms with van der Waals surface area (Å²) < 4.78 is 33.7. The van der Waals surface area contributed by atoms with Crippen LogP contribution in [-0.2, 0) is 0 Å². The quantitative estimate of drug-likeness (QED) is 0.553. The van der Waals surface area contributed by atoms with Crippen LogP contribution in [0.1, 0.15) is 57.4 Å². The van der Waals surface area contributed by atoms with Gasteiger partial charge in [-0.05, 0) is 86.0 Å². The van der Waals surface area contributed by atoms with E-state index in [2.05, 4.69) is 19.1 Å². The number of halogens is 2. The Morgan fingerprint density at radius 2 is 1.59 bits per heavy atom. The van der Waals surface area contributed by atoms with Crippen molar-refractivity contribution in [1.82, 2.24) is 0 Å². The van der Waals surface area contributed by atoms with Crippen molar-refractivity contribution in [2.24, 2.45) is 17.8 Å². The predicted octanol–water partition coefficient (Wildman–Crippen LogP) is 6.96. The zero-order valence-electron chi connectivity index (χ0n) is 16.2. The molecule has 2 atom stereocenters. The first-order chi connectivity index (χ1) is 13.1. The van der Waals surface area contributed by atoms with Gasteiger partial charge in [0.05, 0.1) is 6.61 Å². The van der Waals surface area contributed by atoms with Crippen LogP contribution in [0.15, 0.2) is 36.4 Å². The molecule has 2 saturated carbocycles. The van der Waals surface area contributed by atoms with E-state index in [9.17, 15) is 8.78 Å². The summed E-state index contributed by atoms with van der Waals surface area (Å²) in [5.41, 5.74) is 2.32. The highest BCUT2D eigenvalue weighted by Crippen LogP contribution is 2.51. The van der Waals surface area contributed by atoms with Gasteiger partial charge < -0.3 is 4.74 Å². The fourth-order valence-corrected chi connectivity index (χ4v) is 4.84. The Morgan fingerprint density at radius 1 is 0.926 bits per heavy atom. The van der Waals surface area contributed by atoms with E-state index in [1.807, 2.05) is 12.1 Å². The largest absolute Gasteiger partial charge is 0.491 e. The highest BCUT2D eigenvalue weighted by Gasteiger charge is 2.40. The van der Waals surface area contributed by atoms with E-state index in [1.54, 1.807) is 13.0 Å². The highest BCUT2D eigenvalue weighted by atomic mass is 19.2. The van der Waals surface area contributed by atoms with E-state index in [0.717, 1.165) is 17.8 Å². The minimum Gasteiger partial charge on any atom is -0.491 e. The van der Waals surface area contributed by atoms with Crippen molar-refractivity contribution in [1.29, 1.82) is 0 Å². The van der Waals surface area contributed by atoms with Gasteiger partial charge in [-0.25, -0.2) is 4.39 Å². The van der Waals surface area contributed by atoms with Gasteiger partial charge in [0.15, 0.2) is 11.6 Å². The van der Waals surface area contributed by atoms with Crippen LogP contribution in [0.25, 0.3) is 11.1 Å². The number of ether oxygens (including phenoxy) is 1. The van der Waals surface area contributed by atoms with Gasteiger partial charge in [0.1, 0.15) is 0 Å². The third-order valence-electron chi connectivity index (χ3n) is 6.59. The summed E-state index contributed by atoms with van der Waals surface area (Å²) in [5, 5.41) is 0. The Morgan fingerprint density at radius 3 is 2.19 bits per heavy atom. The average molecular weight is 370 g/mol. The molecule has 1 nitrogen and oxygen atoms in total. The summed E-state index contributed by atoms with van der Waals surface area (Å²) in [6.07, 6.45) is 6.59. The molecular weight excluding hydrogens is 342 g/mol. The zero-order valence-corrected chi connectivity index (χ0v) is 16.2. The third kappa shape index (κ3) is 3.74. The van der Waals surface area contributed by atoms with Gasteiger partial charge in [-0.1, -0.05) is 31.2 Å². The number of benzene rings is 2. The van der Waals surface area contributed by atoms with Gasteiger partial charge in [-0.2, -0.15) is 4.39 Å². The molecule has 0 bridgehead atoms. The molecule has 27 heavy (non-hydrogen) atoms. The van der Waals surface area contributed by atoms with Gasteiger partial charge in [0.25, 0.3) is 0 Å². The van der Waals surface area contributed by atoms with Crippen molar-refractivity contribution >= 4 is 0 Å². The molecule has 144 valence electrons. The van der Waals surface area contributed by atoms with E-state index in [-0.39, 0.29) is 11.3 Å². The lowest BCUT2D eigenvalue weighted by molar-refractivity contribution is 0.287. The van der Waals surface area contributed by atoms with E-state index in [0.29, 0.717) is 18.1 Å². The first-order valence-corrected chi connectivity index (χ1v) is 10.3. The van der Waals surface area contributed by atoms with E-state index >= 15 is 0 Å². The molecule has 2 aliphatic rings. The first kappa shape index (κ1) is 18.5. The average Bonchev–Trinajstić information content (AvgIpc) is 3.43. The Hall–Kier alpha value is -1.90. The summed E-state index contributed by atoms with van der Waals surface area (Å²) in [4.78, 5) is 0. The van der Waals surface area contributed by atoms with Crippen molar-refractivity contribution in [3.63, 3.8) is 0 Å². The molecule has 0 saturated heterocycles. The monoisotopic (exact) mass is 370 g/mol. The van der Waals surface area contributed by atoms with Crippen LogP contribution >= 0.6 is 0 Å². The maximum Gasteiger partial charge on any atom is 0.201 e. The van der Waals surface area contributed by atoms with Crippen LogP contribution in [0.5, 0.6) is 5.75 Å². The SMILES string of the molecule is CCOc1ccc(-c2ccc(C3CCC(C4CC4C)CC3)cc2)c(F)c1F. The van der Waals surface area contributed by atoms with Crippen LogP contribution < -0.4 is 4.74 Å². The van der Waals surface area contributed by atoms with Crippen molar-refractivity contribution in [2.75, 3.05) is 6.61 Å². The Bertz CT molecular complexity index is 791. The molecule has 0 radical (unpaired) electrons. The van der Waals surface area contributed by atoms with Crippen LogP contribution in [-0.4, -0.2) is 6.61 Å². The minimum absolute atomic E-state index is 0.0305. The molecule has 2 aromatic carbocycles. The lowest BCUT2D eigenvalue weighted by Gasteiger charge is -2.29. The lowest BCUT2D eigenvalue weighted by Crippen LogP contribution is -2.15. The number of rotatable bonds is 5. The van der Waals surface area contributed by atoms with E-state index in [1.165, 1.54) is 43.7 Å². The summed E-state index contributed by atoms with van der Waals surface area (Å²) in [7, 11) is 0. The molecule has 0 heterocycles. The Balaban J connectivity index is 1.46. The third-order valence-corrected chi connectivity index (χ3v) is 6.59. The fraction of sp³-hybridized carbons (Fsp3) is 0.500.